The molecular weight excluding hydrogens is 182 g/mol. The molecule has 0 atom stereocenters. The van der Waals surface area contributed by atoms with E-state index in [4.69, 9.17) is 10.9 Å². The predicted octanol–water partition coefficient (Wildman–Crippen LogP) is 0.381. The molecule has 0 radical (unpaired) electrons. The number of amides is 1. The van der Waals surface area contributed by atoms with Crippen LogP contribution in [0, 0.1) is 5.92 Å². The largest absolute Gasteiger partial charge is 0.409 e. The first-order valence-corrected chi connectivity index (χ1v) is 4.86. The summed E-state index contributed by atoms with van der Waals surface area (Å²) in [5.41, 5.74) is 5.31. The maximum Gasteiger partial charge on any atom is 0.225 e. The number of oxime groups is 1. The summed E-state index contributed by atoms with van der Waals surface area (Å²) in [5.74, 6) is 0.563. The summed E-state index contributed by atoms with van der Waals surface area (Å²) in [4.78, 5) is 13.3. The lowest BCUT2D eigenvalue weighted by Crippen LogP contribution is -2.37. The number of rotatable bonds is 4. The second kappa shape index (κ2) is 4.83. The highest BCUT2D eigenvalue weighted by molar-refractivity contribution is 5.82. The van der Waals surface area contributed by atoms with E-state index in [1.807, 2.05) is 0 Å². The van der Waals surface area contributed by atoms with E-state index >= 15 is 0 Å². The zero-order valence-electron chi connectivity index (χ0n) is 8.44. The summed E-state index contributed by atoms with van der Waals surface area (Å²) in [6.07, 6.45) is 3.59. The van der Waals surface area contributed by atoms with Gasteiger partial charge in [0.25, 0.3) is 0 Å². The monoisotopic (exact) mass is 199 g/mol. The molecule has 0 aliphatic heterocycles. The van der Waals surface area contributed by atoms with Crippen molar-refractivity contribution in [1.82, 2.24) is 4.90 Å². The molecule has 1 aliphatic carbocycles. The molecule has 14 heavy (non-hydrogen) atoms. The number of carbonyl (C=O) groups is 1. The summed E-state index contributed by atoms with van der Waals surface area (Å²) in [7, 11) is 1.76. The zero-order valence-corrected chi connectivity index (χ0v) is 8.44. The number of carbonyl (C=O) groups excluding carboxylic acids is 1. The average Bonchev–Trinajstić information content (AvgIpc) is 2.10. The first-order chi connectivity index (χ1) is 6.65. The van der Waals surface area contributed by atoms with Crippen molar-refractivity contribution >= 4 is 11.7 Å². The van der Waals surface area contributed by atoms with Crippen LogP contribution in [0.2, 0.25) is 0 Å². The lowest BCUT2D eigenvalue weighted by molar-refractivity contribution is -0.136. The molecule has 3 N–H and O–H groups in total. The van der Waals surface area contributed by atoms with Crippen LogP contribution in [-0.4, -0.2) is 35.4 Å². The lowest BCUT2D eigenvalue weighted by Gasteiger charge is -2.29. The van der Waals surface area contributed by atoms with Gasteiger partial charge >= 0.3 is 0 Å². The number of hydrogen-bond acceptors (Lipinski definition) is 3. The van der Waals surface area contributed by atoms with Gasteiger partial charge in [-0.15, -0.1) is 0 Å². The molecule has 1 fully saturated rings. The molecule has 0 spiro atoms. The standard InChI is InChI=1S/C9H17N3O2/c1-12(6-5-8(10)11-14)9(13)7-3-2-4-7/h7,14H,2-6H2,1H3,(H2,10,11). The fraction of sp³-hybridized carbons (Fsp3) is 0.778. The number of nitrogens with two attached hydrogens (primary N) is 1. The zero-order chi connectivity index (χ0) is 10.6. The number of amidine groups is 1. The van der Waals surface area contributed by atoms with Crippen LogP contribution in [0.5, 0.6) is 0 Å². The first-order valence-electron chi connectivity index (χ1n) is 4.86. The molecule has 1 saturated carbocycles. The van der Waals surface area contributed by atoms with E-state index in [0.29, 0.717) is 13.0 Å². The minimum Gasteiger partial charge on any atom is -0.409 e. The summed E-state index contributed by atoms with van der Waals surface area (Å²) in [6.45, 7) is 0.519. The van der Waals surface area contributed by atoms with Crippen molar-refractivity contribution in [2.45, 2.75) is 25.7 Å². The van der Waals surface area contributed by atoms with Crippen molar-refractivity contribution in [3.8, 4) is 0 Å². The third kappa shape index (κ3) is 2.61. The Labute approximate surface area is 83.6 Å². The molecule has 0 aromatic heterocycles. The highest BCUT2D eigenvalue weighted by atomic mass is 16.4. The summed E-state index contributed by atoms with van der Waals surface area (Å²) >= 11 is 0. The first kappa shape index (κ1) is 10.8. The second-order valence-corrected chi connectivity index (χ2v) is 3.73. The normalized spacial score (nSPS) is 17.6. The Morgan fingerprint density at radius 2 is 2.29 bits per heavy atom. The quantitative estimate of drug-likeness (QED) is 0.297. The van der Waals surface area contributed by atoms with Crippen molar-refractivity contribution in [1.29, 1.82) is 0 Å². The van der Waals surface area contributed by atoms with Gasteiger partial charge in [0.2, 0.25) is 5.91 Å². The van der Waals surface area contributed by atoms with Crippen LogP contribution in [0.1, 0.15) is 25.7 Å². The summed E-state index contributed by atoms with van der Waals surface area (Å²) in [6, 6.07) is 0. The SMILES string of the molecule is CN(CC/C(N)=N/O)C(=O)C1CCC1. The van der Waals surface area contributed by atoms with E-state index in [2.05, 4.69) is 5.16 Å². The number of hydrogen-bond donors (Lipinski definition) is 2. The Bertz CT molecular complexity index is 236. The maximum absolute atomic E-state index is 11.6. The van der Waals surface area contributed by atoms with Gasteiger partial charge in [-0.05, 0) is 12.8 Å². The van der Waals surface area contributed by atoms with Crippen LogP contribution in [0.25, 0.3) is 0 Å². The van der Waals surface area contributed by atoms with Crippen LogP contribution >= 0.6 is 0 Å². The Morgan fingerprint density at radius 1 is 1.64 bits per heavy atom. The average molecular weight is 199 g/mol. The minimum atomic E-state index is 0.165. The van der Waals surface area contributed by atoms with E-state index < -0.39 is 0 Å². The third-order valence-electron chi connectivity index (χ3n) is 2.66. The molecule has 5 heteroatoms. The molecule has 1 aliphatic rings. The van der Waals surface area contributed by atoms with Crippen LogP contribution in [-0.2, 0) is 4.79 Å². The summed E-state index contributed by atoms with van der Waals surface area (Å²) in [5, 5.41) is 11.2. The van der Waals surface area contributed by atoms with Gasteiger partial charge in [0, 0.05) is 25.9 Å². The fourth-order valence-electron chi connectivity index (χ4n) is 1.41. The fourth-order valence-corrected chi connectivity index (χ4v) is 1.41. The van der Waals surface area contributed by atoms with Gasteiger partial charge in [0.15, 0.2) is 0 Å². The highest BCUT2D eigenvalue weighted by Gasteiger charge is 2.27. The van der Waals surface area contributed by atoms with E-state index in [1.165, 1.54) is 0 Å². The van der Waals surface area contributed by atoms with Crippen LogP contribution in [0.3, 0.4) is 0 Å². The Balaban J connectivity index is 2.26. The number of nitrogens with zero attached hydrogens (tertiary/aromatic N) is 2. The Morgan fingerprint density at radius 3 is 2.71 bits per heavy atom. The lowest BCUT2D eigenvalue weighted by atomic mass is 9.84. The molecule has 1 amide bonds. The van der Waals surface area contributed by atoms with Crippen LogP contribution in [0.4, 0.5) is 0 Å². The smallest absolute Gasteiger partial charge is 0.225 e. The molecule has 0 bridgehead atoms. The van der Waals surface area contributed by atoms with Crippen molar-refractivity contribution in [2.24, 2.45) is 16.8 Å². The van der Waals surface area contributed by atoms with Crippen LogP contribution in [0.15, 0.2) is 5.16 Å². The molecule has 0 aromatic rings. The molecule has 80 valence electrons. The van der Waals surface area contributed by atoms with E-state index in [9.17, 15) is 4.79 Å². The topological polar surface area (TPSA) is 78.9 Å². The van der Waals surface area contributed by atoms with Crippen molar-refractivity contribution < 1.29 is 10.0 Å². The minimum absolute atomic E-state index is 0.165. The maximum atomic E-state index is 11.6. The Hall–Kier alpha value is -1.26. The van der Waals surface area contributed by atoms with E-state index in [-0.39, 0.29) is 17.7 Å². The van der Waals surface area contributed by atoms with Gasteiger partial charge in [0.05, 0.1) is 0 Å². The van der Waals surface area contributed by atoms with Crippen LogP contribution < -0.4 is 5.73 Å². The van der Waals surface area contributed by atoms with Gasteiger partial charge < -0.3 is 15.8 Å². The molecule has 0 unspecified atom stereocenters. The van der Waals surface area contributed by atoms with Gasteiger partial charge in [-0.3, -0.25) is 4.79 Å². The molecule has 1 rings (SSSR count). The van der Waals surface area contributed by atoms with Crippen molar-refractivity contribution in [2.75, 3.05) is 13.6 Å². The van der Waals surface area contributed by atoms with Gasteiger partial charge in [-0.25, -0.2) is 0 Å². The van der Waals surface area contributed by atoms with E-state index in [0.717, 1.165) is 19.3 Å². The second-order valence-electron chi connectivity index (χ2n) is 3.73. The predicted molar refractivity (Wildman–Crippen MR) is 53.0 cm³/mol. The highest BCUT2D eigenvalue weighted by Crippen LogP contribution is 2.27. The van der Waals surface area contributed by atoms with Gasteiger partial charge in [0.1, 0.15) is 5.84 Å². The van der Waals surface area contributed by atoms with Gasteiger partial charge in [-0.1, -0.05) is 11.6 Å². The van der Waals surface area contributed by atoms with Crippen molar-refractivity contribution in [3.05, 3.63) is 0 Å². The molecule has 0 aromatic carbocycles. The molecular formula is C9H17N3O2. The summed E-state index contributed by atoms with van der Waals surface area (Å²) < 4.78 is 0. The van der Waals surface area contributed by atoms with Crippen molar-refractivity contribution in [3.63, 3.8) is 0 Å². The molecule has 0 saturated heterocycles. The Kier molecular flexibility index (Phi) is 3.73. The van der Waals surface area contributed by atoms with E-state index in [1.54, 1.807) is 11.9 Å². The van der Waals surface area contributed by atoms with Gasteiger partial charge in [-0.2, -0.15) is 0 Å². The third-order valence-corrected chi connectivity index (χ3v) is 2.66. The molecule has 5 nitrogen and oxygen atoms in total. The molecule has 0 heterocycles.